The number of benzene rings is 2. The third-order valence-corrected chi connectivity index (χ3v) is 6.10. The van der Waals surface area contributed by atoms with Gasteiger partial charge < -0.3 is 14.8 Å². The largest absolute Gasteiger partial charge is 0.508 e. The van der Waals surface area contributed by atoms with E-state index >= 15 is 0 Å². The van der Waals surface area contributed by atoms with Gasteiger partial charge in [0.2, 0.25) is 0 Å². The zero-order valence-corrected chi connectivity index (χ0v) is 19.5. The van der Waals surface area contributed by atoms with Crippen molar-refractivity contribution in [2.75, 3.05) is 0 Å². The average Bonchev–Trinajstić information content (AvgIpc) is 3.08. The molecule has 0 radical (unpaired) electrons. The highest BCUT2D eigenvalue weighted by atomic mass is 35.5. The van der Waals surface area contributed by atoms with Gasteiger partial charge in [0, 0.05) is 40.7 Å². The number of phenolic OH excluding ortho intramolecular Hbond substituents is 1. The molecule has 3 aromatic rings. The highest BCUT2D eigenvalue weighted by molar-refractivity contribution is 6.31. The second kappa shape index (κ2) is 11.7. The summed E-state index contributed by atoms with van der Waals surface area (Å²) in [5.41, 5.74) is 3.57. The second-order valence-electron chi connectivity index (χ2n) is 8.29. The van der Waals surface area contributed by atoms with Gasteiger partial charge in [0.1, 0.15) is 5.75 Å². The number of hydrogen-bond donors (Lipinski definition) is 2. The summed E-state index contributed by atoms with van der Waals surface area (Å²) in [7, 11) is 0. The van der Waals surface area contributed by atoms with Crippen molar-refractivity contribution in [1.29, 1.82) is 0 Å². The van der Waals surface area contributed by atoms with Gasteiger partial charge in [-0.1, -0.05) is 43.2 Å². The zero-order valence-electron chi connectivity index (χ0n) is 18.7. The van der Waals surface area contributed by atoms with Crippen LogP contribution in [0, 0.1) is 0 Å². The highest BCUT2D eigenvalue weighted by Crippen LogP contribution is 2.32. The molecular weight excluding hydrogens is 438 g/mol. The Morgan fingerprint density at radius 2 is 1.73 bits per heavy atom. The molecule has 0 saturated heterocycles. The standard InChI is InChI=1S/C27H30ClNO4/c1-2-29-23-16-15-20(28)18-22(23)27(25(31)13-8-14-26(32)33)24(29)12-6-4-3-5-9-19-10-7-11-21(30)17-19/h2,7,10-11,15-18,30H,1,3-6,8-9,12-14H2,(H,32,33). The second-order valence-corrected chi connectivity index (χ2v) is 8.73. The molecule has 1 heterocycles. The van der Waals surface area contributed by atoms with E-state index in [-0.39, 0.29) is 18.6 Å². The first-order valence-electron chi connectivity index (χ1n) is 11.4. The van der Waals surface area contributed by atoms with Gasteiger partial charge in [-0.15, -0.1) is 0 Å². The third-order valence-electron chi connectivity index (χ3n) is 5.86. The van der Waals surface area contributed by atoms with Gasteiger partial charge in [0.25, 0.3) is 0 Å². The molecule has 0 spiro atoms. The third kappa shape index (κ3) is 6.48. The molecule has 1 aromatic heterocycles. The maximum Gasteiger partial charge on any atom is 0.303 e. The molecule has 2 N–H and O–H groups in total. The number of carbonyl (C=O) groups is 2. The Bertz CT molecular complexity index is 1150. The Kier molecular flexibility index (Phi) is 8.72. The van der Waals surface area contributed by atoms with Crippen molar-refractivity contribution in [3.8, 4) is 5.75 Å². The van der Waals surface area contributed by atoms with Crippen LogP contribution in [0.15, 0.2) is 49.0 Å². The van der Waals surface area contributed by atoms with E-state index in [1.165, 1.54) is 0 Å². The van der Waals surface area contributed by atoms with E-state index in [1.54, 1.807) is 30.5 Å². The first kappa shape index (κ1) is 24.6. The van der Waals surface area contributed by atoms with Crippen molar-refractivity contribution in [2.24, 2.45) is 0 Å². The molecule has 0 atom stereocenters. The number of hydrogen-bond acceptors (Lipinski definition) is 3. The molecule has 0 fully saturated rings. The summed E-state index contributed by atoms with van der Waals surface area (Å²) in [4.78, 5) is 24.0. The number of ketones is 1. The number of aromatic nitrogens is 1. The maximum absolute atomic E-state index is 13.1. The minimum absolute atomic E-state index is 0.0267. The molecule has 6 heteroatoms. The topological polar surface area (TPSA) is 79.5 Å². The normalized spacial score (nSPS) is 11.1. The van der Waals surface area contributed by atoms with Crippen LogP contribution in [-0.4, -0.2) is 26.5 Å². The Hall–Kier alpha value is -3.05. The van der Waals surface area contributed by atoms with Crippen molar-refractivity contribution in [2.45, 2.75) is 57.8 Å². The van der Waals surface area contributed by atoms with Gasteiger partial charge in [0.15, 0.2) is 5.78 Å². The average molecular weight is 468 g/mol. The number of aromatic hydroxyl groups is 1. The van der Waals surface area contributed by atoms with Crippen molar-refractivity contribution in [1.82, 2.24) is 4.57 Å². The van der Waals surface area contributed by atoms with E-state index < -0.39 is 5.97 Å². The quantitative estimate of drug-likeness (QED) is 0.212. The lowest BCUT2D eigenvalue weighted by Gasteiger charge is -2.09. The Morgan fingerprint density at radius 3 is 2.42 bits per heavy atom. The number of nitrogens with zero attached hydrogens (tertiary/aromatic N) is 1. The van der Waals surface area contributed by atoms with Crippen LogP contribution >= 0.6 is 11.6 Å². The number of carboxylic acids is 1. The molecule has 174 valence electrons. The van der Waals surface area contributed by atoms with Gasteiger partial charge in [-0.25, -0.2) is 0 Å². The predicted octanol–water partition coefficient (Wildman–Crippen LogP) is 6.88. The minimum Gasteiger partial charge on any atom is -0.508 e. The van der Waals surface area contributed by atoms with E-state index in [2.05, 4.69) is 6.58 Å². The molecule has 0 aliphatic heterocycles. The highest BCUT2D eigenvalue weighted by Gasteiger charge is 2.21. The molecule has 0 unspecified atom stereocenters. The molecule has 0 amide bonds. The van der Waals surface area contributed by atoms with Gasteiger partial charge in [-0.3, -0.25) is 9.59 Å². The van der Waals surface area contributed by atoms with Gasteiger partial charge in [-0.05, 0) is 68.0 Å². The van der Waals surface area contributed by atoms with Gasteiger partial charge in [-0.2, -0.15) is 0 Å². The van der Waals surface area contributed by atoms with Crippen molar-refractivity contribution in [3.05, 3.63) is 70.9 Å². The van der Waals surface area contributed by atoms with Crippen LogP contribution in [0.2, 0.25) is 5.02 Å². The Morgan fingerprint density at radius 1 is 0.970 bits per heavy atom. The van der Waals surface area contributed by atoms with Gasteiger partial charge >= 0.3 is 5.97 Å². The van der Waals surface area contributed by atoms with Crippen LogP contribution in [0.25, 0.3) is 17.1 Å². The first-order chi connectivity index (χ1) is 15.9. The lowest BCUT2D eigenvalue weighted by molar-refractivity contribution is -0.137. The number of carboxylic acid groups (broad SMARTS) is 1. The molecule has 5 nitrogen and oxygen atoms in total. The SMILES string of the molecule is C=Cn1c(CCCCCCc2cccc(O)c2)c(C(=O)CCCC(=O)O)c2cc(Cl)ccc21. The number of unbranched alkanes of at least 4 members (excludes halogenated alkanes) is 3. The number of halogens is 1. The zero-order chi connectivity index (χ0) is 23.8. The van der Waals surface area contributed by atoms with Crippen LogP contribution in [0.4, 0.5) is 0 Å². The van der Waals surface area contributed by atoms with Crippen LogP contribution < -0.4 is 0 Å². The van der Waals surface area contributed by atoms with E-state index in [1.807, 2.05) is 22.8 Å². The first-order valence-corrected chi connectivity index (χ1v) is 11.8. The van der Waals surface area contributed by atoms with E-state index in [0.717, 1.165) is 60.7 Å². The molecule has 0 saturated carbocycles. The summed E-state index contributed by atoms with van der Waals surface area (Å²) in [5.74, 6) is -0.654. The number of rotatable bonds is 13. The Balaban J connectivity index is 1.70. The monoisotopic (exact) mass is 467 g/mol. The number of Topliss-reactive ketones (excluding diaryl/α,β-unsaturated/α-hetero) is 1. The molecule has 33 heavy (non-hydrogen) atoms. The maximum atomic E-state index is 13.1. The lowest BCUT2D eigenvalue weighted by Crippen LogP contribution is -2.06. The summed E-state index contributed by atoms with van der Waals surface area (Å²) >= 11 is 6.23. The van der Waals surface area contributed by atoms with Crippen molar-refractivity contribution >= 4 is 40.5 Å². The number of aryl methyl sites for hydroxylation is 1. The number of carbonyl (C=O) groups excluding carboxylic acids is 1. The number of fused-ring (bicyclic) bond motifs is 1. The van der Waals surface area contributed by atoms with Crippen LogP contribution in [0.5, 0.6) is 5.75 Å². The molecule has 0 aliphatic carbocycles. The van der Waals surface area contributed by atoms with Crippen molar-refractivity contribution < 1.29 is 19.8 Å². The summed E-state index contributed by atoms with van der Waals surface area (Å²) in [5, 5.41) is 19.8. The molecule has 3 rings (SSSR count). The summed E-state index contributed by atoms with van der Waals surface area (Å²) in [6.07, 6.45) is 7.87. The summed E-state index contributed by atoms with van der Waals surface area (Å²) < 4.78 is 1.96. The van der Waals surface area contributed by atoms with Crippen LogP contribution in [-0.2, 0) is 17.6 Å². The van der Waals surface area contributed by atoms with Gasteiger partial charge in [0.05, 0.1) is 5.52 Å². The van der Waals surface area contributed by atoms with Crippen LogP contribution in [0.3, 0.4) is 0 Å². The number of aliphatic carboxylic acids is 1. The number of phenols is 1. The minimum atomic E-state index is -0.898. The fraction of sp³-hybridized carbons (Fsp3) is 0.333. The Labute approximate surface area is 199 Å². The fourth-order valence-electron chi connectivity index (χ4n) is 4.32. The van der Waals surface area contributed by atoms with Crippen molar-refractivity contribution in [3.63, 3.8) is 0 Å². The van der Waals surface area contributed by atoms with Crippen LogP contribution in [0.1, 0.15) is 66.6 Å². The van der Waals surface area contributed by atoms with E-state index in [9.17, 15) is 14.7 Å². The summed E-state index contributed by atoms with van der Waals surface area (Å²) in [6, 6.07) is 12.9. The fourth-order valence-corrected chi connectivity index (χ4v) is 4.49. The smallest absolute Gasteiger partial charge is 0.303 e. The molecule has 2 aromatic carbocycles. The van der Waals surface area contributed by atoms with E-state index in [0.29, 0.717) is 22.8 Å². The molecule has 0 bridgehead atoms. The molecule has 0 aliphatic rings. The lowest BCUT2D eigenvalue weighted by atomic mass is 9.98. The predicted molar refractivity (Wildman–Crippen MR) is 133 cm³/mol. The summed E-state index contributed by atoms with van der Waals surface area (Å²) in [6.45, 7) is 3.94. The molecular formula is C27H30ClNO4. The van der Waals surface area contributed by atoms with E-state index in [4.69, 9.17) is 16.7 Å².